The number of sulfone groups is 2. The maximum Gasteiger partial charge on any atom is 0.0922 e. The monoisotopic (exact) mass is 325 g/mol. The van der Waals surface area contributed by atoms with E-state index in [2.05, 4.69) is 0 Å². The van der Waals surface area contributed by atoms with Crippen LogP contribution in [0.15, 0.2) is 70.5 Å². The molecule has 2 rings (SSSR count). The molecule has 0 aliphatic carbocycles. The van der Waals surface area contributed by atoms with Crippen molar-refractivity contribution in [3.8, 4) is 0 Å². The van der Waals surface area contributed by atoms with Gasteiger partial charge in [0.1, 0.15) is 0 Å². The van der Waals surface area contributed by atoms with Crippen LogP contribution in [-0.4, -0.2) is 23.9 Å². The van der Waals surface area contributed by atoms with Crippen LogP contribution >= 0.6 is 0 Å². The zero-order valence-corrected chi connectivity index (χ0v) is 12.8. The summed E-state index contributed by atoms with van der Waals surface area (Å²) >= 11 is 0. The Morgan fingerprint density at radius 1 is 0.714 bits per heavy atom. The predicted octanol–water partition coefficient (Wildman–Crippen LogP) is 2.03. The SMILES string of the molecule is CO[C-](S(=O)(=O)c1ccccc1)S(=O)(=O)c1ccccc1. The second kappa shape index (κ2) is 5.97. The summed E-state index contributed by atoms with van der Waals surface area (Å²) < 4.78 is 53.5. The van der Waals surface area contributed by atoms with Crippen molar-refractivity contribution in [3.05, 3.63) is 65.4 Å². The zero-order valence-electron chi connectivity index (χ0n) is 11.1. The van der Waals surface area contributed by atoms with Crippen molar-refractivity contribution < 1.29 is 21.6 Å². The first kappa shape index (κ1) is 15.7. The molecule has 0 saturated carbocycles. The zero-order chi connectivity index (χ0) is 15.5. The molecule has 2 aromatic carbocycles. The van der Waals surface area contributed by atoms with Gasteiger partial charge in [0.05, 0.1) is 19.7 Å². The fourth-order valence-corrected chi connectivity index (χ4v) is 5.34. The molecule has 7 heteroatoms. The summed E-state index contributed by atoms with van der Waals surface area (Å²) in [4.78, 5) is -0.275. The van der Waals surface area contributed by atoms with Crippen molar-refractivity contribution in [2.24, 2.45) is 0 Å². The normalized spacial score (nSPS) is 12.5. The lowest BCUT2D eigenvalue weighted by molar-refractivity contribution is 0.283. The Labute approximate surface area is 124 Å². The van der Waals surface area contributed by atoms with Gasteiger partial charge >= 0.3 is 0 Å². The summed E-state index contributed by atoms with van der Waals surface area (Å²) in [6, 6.07) is 14.6. The average molecular weight is 325 g/mol. The molecule has 5 nitrogen and oxygen atoms in total. The van der Waals surface area contributed by atoms with Gasteiger partial charge in [-0.15, -0.1) is 0 Å². The minimum atomic E-state index is -4.25. The van der Waals surface area contributed by atoms with Crippen molar-refractivity contribution >= 4 is 19.7 Å². The second-order valence-corrected chi connectivity index (χ2v) is 8.04. The third-order valence-electron chi connectivity index (χ3n) is 2.71. The van der Waals surface area contributed by atoms with E-state index >= 15 is 0 Å². The van der Waals surface area contributed by atoms with E-state index in [1.165, 1.54) is 48.5 Å². The van der Waals surface area contributed by atoms with Crippen LogP contribution in [0.25, 0.3) is 0 Å². The summed E-state index contributed by atoms with van der Waals surface area (Å²) in [6.45, 7) is 0. The van der Waals surface area contributed by atoms with Gasteiger partial charge in [-0.2, -0.15) is 0 Å². The molecule has 0 radical (unpaired) electrons. The van der Waals surface area contributed by atoms with Crippen molar-refractivity contribution in [1.82, 2.24) is 0 Å². The van der Waals surface area contributed by atoms with Gasteiger partial charge in [-0.25, -0.2) is 0 Å². The van der Waals surface area contributed by atoms with Gasteiger partial charge in [-0.05, 0) is 24.3 Å². The lowest BCUT2D eigenvalue weighted by Gasteiger charge is -2.29. The smallest absolute Gasteiger partial charge is 0.0922 e. The molecule has 0 aliphatic heterocycles. The standard InChI is InChI=1S/C14H13O5S2/c1-19-14(20(15,16)12-8-4-2-5-9-12)21(17,18)13-10-6-3-7-11-13/h2-11H,1H3/q-1. The number of methoxy groups -OCH3 is 1. The first-order valence-corrected chi connectivity index (χ1v) is 8.88. The molecule has 0 heterocycles. The Hall–Kier alpha value is -1.70. The maximum atomic E-state index is 12.4. The van der Waals surface area contributed by atoms with E-state index in [0.29, 0.717) is 0 Å². The van der Waals surface area contributed by atoms with Gasteiger partial charge in [0.25, 0.3) is 0 Å². The number of hydrogen-bond acceptors (Lipinski definition) is 5. The van der Waals surface area contributed by atoms with Crippen LogP contribution in [-0.2, 0) is 24.4 Å². The first-order valence-electron chi connectivity index (χ1n) is 5.92. The van der Waals surface area contributed by atoms with Crippen molar-refractivity contribution in [3.63, 3.8) is 0 Å². The number of benzene rings is 2. The van der Waals surface area contributed by atoms with E-state index in [1.54, 1.807) is 12.1 Å². The molecule has 0 unspecified atom stereocenters. The number of hydrogen-bond donors (Lipinski definition) is 0. The Kier molecular flexibility index (Phi) is 4.46. The highest BCUT2D eigenvalue weighted by Gasteiger charge is 2.27. The largest absolute Gasteiger partial charge is 0.519 e. The van der Waals surface area contributed by atoms with E-state index in [-0.39, 0.29) is 9.79 Å². The molecule has 0 atom stereocenters. The van der Waals surface area contributed by atoms with E-state index < -0.39 is 24.4 Å². The van der Waals surface area contributed by atoms with Crippen molar-refractivity contribution in [2.75, 3.05) is 7.11 Å². The van der Waals surface area contributed by atoms with Gasteiger partial charge in [-0.1, -0.05) is 36.4 Å². The third-order valence-corrected chi connectivity index (χ3v) is 7.03. The van der Waals surface area contributed by atoms with Crippen LogP contribution in [0, 0.1) is 4.77 Å². The lowest BCUT2D eigenvalue weighted by atomic mass is 10.4. The van der Waals surface area contributed by atoms with Gasteiger partial charge in [0, 0.05) is 21.7 Å². The third kappa shape index (κ3) is 2.99. The number of ether oxygens (including phenoxy) is 1. The second-order valence-electron chi connectivity index (χ2n) is 4.09. The lowest BCUT2D eigenvalue weighted by Crippen LogP contribution is -2.24. The van der Waals surface area contributed by atoms with Gasteiger partial charge in [0.2, 0.25) is 0 Å². The minimum Gasteiger partial charge on any atom is -0.519 e. The fraction of sp³-hybridized carbons (Fsp3) is 0.0714. The van der Waals surface area contributed by atoms with Crippen molar-refractivity contribution in [2.45, 2.75) is 9.79 Å². The molecule has 0 spiro atoms. The highest BCUT2D eigenvalue weighted by molar-refractivity contribution is 8.12. The Bertz CT molecular complexity index is 727. The Morgan fingerprint density at radius 3 is 1.33 bits per heavy atom. The van der Waals surface area contributed by atoms with E-state index in [9.17, 15) is 16.8 Å². The summed E-state index contributed by atoms with van der Waals surface area (Å²) in [5.41, 5.74) is 0. The van der Waals surface area contributed by atoms with E-state index in [4.69, 9.17) is 4.74 Å². The minimum absolute atomic E-state index is 0.138. The van der Waals surface area contributed by atoms with Gasteiger partial charge < -0.3 is 4.74 Å². The molecule has 0 aliphatic rings. The highest BCUT2D eigenvalue weighted by atomic mass is 32.3. The molecule has 112 valence electrons. The summed E-state index contributed by atoms with van der Waals surface area (Å²) in [5.74, 6) is 0. The molecule has 0 aromatic heterocycles. The first-order chi connectivity index (χ1) is 9.90. The van der Waals surface area contributed by atoms with Crippen LogP contribution in [0.5, 0.6) is 0 Å². The Balaban J connectivity index is 2.55. The molecular weight excluding hydrogens is 312 g/mol. The van der Waals surface area contributed by atoms with Crippen LogP contribution in [0.1, 0.15) is 0 Å². The van der Waals surface area contributed by atoms with E-state index in [0.717, 1.165) is 7.11 Å². The molecule has 0 amide bonds. The van der Waals surface area contributed by atoms with Crippen LogP contribution < -0.4 is 0 Å². The fourth-order valence-electron chi connectivity index (χ4n) is 1.76. The predicted molar refractivity (Wildman–Crippen MR) is 77.5 cm³/mol. The summed E-state index contributed by atoms with van der Waals surface area (Å²) in [6.07, 6.45) is 0. The number of rotatable bonds is 5. The highest BCUT2D eigenvalue weighted by Crippen LogP contribution is 2.31. The molecule has 21 heavy (non-hydrogen) atoms. The topological polar surface area (TPSA) is 77.5 Å². The van der Waals surface area contributed by atoms with Crippen LogP contribution in [0.4, 0.5) is 0 Å². The van der Waals surface area contributed by atoms with Crippen LogP contribution in [0.3, 0.4) is 0 Å². The Morgan fingerprint density at radius 2 is 1.05 bits per heavy atom. The summed E-state index contributed by atoms with van der Waals surface area (Å²) in [7, 11) is -7.48. The van der Waals surface area contributed by atoms with Crippen molar-refractivity contribution in [1.29, 1.82) is 0 Å². The average Bonchev–Trinajstić information content (AvgIpc) is 2.49. The molecule has 0 fully saturated rings. The molecule has 0 bridgehead atoms. The van der Waals surface area contributed by atoms with E-state index in [1.807, 2.05) is 0 Å². The molecule has 0 saturated heterocycles. The maximum absolute atomic E-state index is 12.4. The molecule has 2 aromatic rings. The quantitative estimate of drug-likeness (QED) is 0.786. The summed E-state index contributed by atoms with van der Waals surface area (Å²) in [5, 5.41) is 0. The van der Waals surface area contributed by atoms with Gasteiger partial charge in [0.15, 0.2) is 0 Å². The van der Waals surface area contributed by atoms with Crippen LogP contribution in [0.2, 0.25) is 0 Å². The molecular formula is C14H13O5S2-. The molecule has 0 N–H and O–H groups in total. The van der Waals surface area contributed by atoms with Gasteiger partial charge in [-0.3, -0.25) is 16.8 Å².